The molecule has 1 amide bonds. The van der Waals surface area contributed by atoms with Crippen LogP contribution in [0.25, 0.3) is 10.8 Å². The summed E-state index contributed by atoms with van der Waals surface area (Å²) < 4.78 is 11.1. The maximum absolute atomic E-state index is 12.8. The number of nitrogens with zero attached hydrogens (tertiary/aromatic N) is 1. The third kappa shape index (κ3) is 3.61. The van der Waals surface area contributed by atoms with E-state index in [4.69, 9.17) is 9.47 Å². The van der Waals surface area contributed by atoms with Gasteiger partial charge in [-0.1, -0.05) is 48.5 Å². The van der Waals surface area contributed by atoms with Crippen LogP contribution in [0.3, 0.4) is 0 Å². The maximum Gasteiger partial charge on any atom is 0.261 e. The van der Waals surface area contributed by atoms with E-state index in [2.05, 4.69) is 0 Å². The molecular weight excluding hydrogens is 338 g/mol. The molecule has 0 N–H and O–H groups in total. The quantitative estimate of drug-likeness (QED) is 0.667. The molecule has 4 nitrogen and oxygen atoms in total. The highest BCUT2D eigenvalue weighted by Gasteiger charge is 2.30. The number of carbonyl (C=O) groups excluding carboxylic acids is 1. The minimum absolute atomic E-state index is 0.0289. The Kier molecular flexibility index (Phi) is 4.97. The third-order valence-corrected chi connectivity index (χ3v) is 5.17. The van der Waals surface area contributed by atoms with Crippen molar-refractivity contribution in [2.75, 3.05) is 20.3 Å². The van der Waals surface area contributed by atoms with Crippen LogP contribution in [0.1, 0.15) is 24.4 Å². The van der Waals surface area contributed by atoms with Gasteiger partial charge in [0, 0.05) is 11.9 Å². The summed E-state index contributed by atoms with van der Waals surface area (Å²) in [6.07, 6.45) is 1.99. The Morgan fingerprint density at radius 3 is 2.63 bits per heavy atom. The van der Waals surface area contributed by atoms with Crippen LogP contribution in [0.15, 0.2) is 66.7 Å². The highest BCUT2D eigenvalue weighted by Crippen LogP contribution is 2.33. The SMILES string of the molecule is COc1ccc(C2CCCN2C(=O)COc2cccc3ccccc23)cc1. The van der Waals surface area contributed by atoms with Gasteiger partial charge in [0.2, 0.25) is 0 Å². The van der Waals surface area contributed by atoms with Crippen LogP contribution in [0.2, 0.25) is 0 Å². The zero-order valence-electron chi connectivity index (χ0n) is 15.4. The Morgan fingerprint density at radius 2 is 1.81 bits per heavy atom. The summed E-state index contributed by atoms with van der Waals surface area (Å²) in [6.45, 7) is 0.828. The lowest BCUT2D eigenvalue weighted by atomic mass is 10.0. The van der Waals surface area contributed by atoms with Crippen LogP contribution in [0, 0.1) is 0 Å². The molecule has 0 saturated carbocycles. The summed E-state index contributed by atoms with van der Waals surface area (Å²) in [5, 5.41) is 2.14. The van der Waals surface area contributed by atoms with Crippen molar-refractivity contribution in [1.82, 2.24) is 4.90 Å². The molecule has 138 valence electrons. The normalized spacial score (nSPS) is 16.5. The number of benzene rings is 3. The Balaban J connectivity index is 1.46. The first-order valence-corrected chi connectivity index (χ1v) is 9.30. The molecule has 0 aliphatic carbocycles. The van der Waals surface area contributed by atoms with E-state index in [0.29, 0.717) is 0 Å². The molecular formula is C23H23NO3. The molecule has 1 unspecified atom stereocenters. The van der Waals surface area contributed by atoms with Crippen molar-refractivity contribution in [3.63, 3.8) is 0 Å². The zero-order valence-corrected chi connectivity index (χ0v) is 15.4. The number of ether oxygens (including phenoxy) is 2. The van der Waals surface area contributed by atoms with E-state index in [1.54, 1.807) is 7.11 Å². The van der Waals surface area contributed by atoms with Crippen molar-refractivity contribution in [3.05, 3.63) is 72.3 Å². The van der Waals surface area contributed by atoms with Crippen molar-refractivity contribution in [2.24, 2.45) is 0 Å². The van der Waals surface area contributed by atoms with Gasteiger partial charge in [-0.25, -0.2) is 0 Å². The topological polar surface area (TPSA) is 38.8 Å². The highest BCUT2D eigenvalue weighted by atomic mass is 16.5. The van der Waals surface area contributed by atoms with Crippen molar-refractivity contribution in [3.8, 4) is 11.5 Å². The summed E-state index contributed by atoms with van der Waals surface area (Å²) in [5.41, 5.74) is 1.15. The first kappa shape index (κ1) is 17.4. The van der Waals surface area contributed by atoms with E-state index < -0.39 is 0 Å². The van der Waals surface area contributed by atoms with Crippen LogP contribution in [0.5, 0.6) is 11.5 Å². The van der Waals surface area contributed by atoms with Crippen molar-refractivity contribution < 1.29 is 14.3 Å². The van der Waals surface area contributed by atoms with E-state index >= 15 is 0 Å². The molecule has 0 radical (unpaired) electrons. The van der Waals surface area contributed by atoms with Gasteiger partial charge in [0.05, 0.1) is 13.2 Å². The van der Waals surface area contributed by atoms with E-state index in [0.717, 1.165) is 47.2 Å². The van der Waals surface area contributed by atoms with Gasteiger partial charge in [0.15, 0.2) is 6.61 Å². The van der Waals surface area contributed by atoms with Crippen LogP contribution in [-0.2, 0) is 4.79 Å². The number of likely N-dealkylation sites (tertiary alicyclic amines) is 1. The van der Waals surface area contributed by atoms with Gasteiger partial charge in [-0.15, -0.1) is 0 Å². The molecule has 4 rings (SSSR count). The monoisotopic (exact) mass is 361 g/mol. The summed E-state index contributed by atoms with van der Waals surface area (Å²) in [7, 11) is 1.66. The second-order valence-electron chi connectivity index (χ2n) is 6.78. The molecule has 0 aromatic heterocycles. The molecule has 3 aromatic rings. The predicted molar refractivity (Wildman–Crippen MR) is 106 cm³/mol. The molecule has 1 fully saturated rings. The Hall–Kier alpha value is -3.01. The first-order valence-electron chi connectivity index (χ1n) is 9.30. The van der Waals surface area contributed by atoms with Gasteiger partial charge in [-0.3, -0.25) is 4.79 Å². The third-order valence-electron chi connectivity index (χ3n) is 5.17. The Morgan fingerprint density at radius 1 is 1.04 bits per heavy atom. The molecule has 1 aliphatic rings. The van der Waals surface area contributed by atoms with E-state index in [1.807, 2.05) is 71.6 Å². The largest absolute Gasteiger partial charge is 0.497 e. The van der Waals surface area contributed by atoms with Gasteiger partial charge in [0.1, 0.15) is 11.5 Å². The number of amides is 1. The predicted octanol–water partition coefficient (Wildman–Crippen LogP) is 4.59. The second kappa shape index (κ2) is 7.70. The fourth-order valence-corrected chi connectivity index (χ4v) is 3.78. The van der Waals surface area contributed by atoms with E-state index in [-0.39, 0.29) is 18.6 Å². The van der Waals surface area contributed by atoms with Gasteiger partial charge in [0.25, 0.3) is 5.91 Å². The van der Waals surface area contributed by atoms with Crippen LogP contribution >= 0.6 is 0 Å². The number of hydrogen-bond donors (Lipinski definition) is 0. The number of fused-ring (bicyclic) bond motifs is 1. The number of methoxy groups -OCH3 is 1. The summed E-state index contributed by atoms with van der Waals surface area (Å²) in [6, 6.07) is 22.1. The van der Waals surface area contributed by atoms with Crippen molar-refractivity contribution in [2.45, 2.75) is 18.9 Å². The Bertz CT molecular complexity index is 931. The van der Waals surface area contributed by atoms with Gasteiger partial charge in [-0.2, -0.15) is 0 Å². The zero-order chi connectivity index (χ0) is 18.6. The van der Waals surface area contributed by atoms with E-state index in [1.165, 1.54) is 0 Å². The lowest BCUT2D eigenvalue weighted by molar-refractivity contribution is -0.134. The molecule has 4 heteroatoms. The second-order valence-corrected chi connectivity index (χ2v) is 6.78. The molecule has 0 spiro atoms. The van der Waals surface area contributed by atoms with Crippen molar-refractivity contribution in [1.29, 1.82) is 0 Å². The summed E-state index contributed by atoms with van der Waals surface area (Å²) >= 11 is 0. The first-order chi connectivity index (χ1) is 13.3. The fourth-order valence-electron chi connectivity index (χ4n) is 3.78. The average molecular weight is 361 g/mol. The highest BCUT2D eigenvalue weighted by molar-refractivity contribution is 5.88. The fraction of sp³-hybridized carbons (Fsp3) is 0.261. The van der Waals surface area contributed by atoms with Gasteiger partial charge >= 0.3 is 0 Å². The summed E-state index contributed by atoms with van der Waals surface area (Å²) in [4.78, 5) is 14.8. The smallest absolute Gasteiger partial charge is 0.261 e. The minimum atomic E-state index is 0.0289. The number of hydrogen-bond acceptors (Lipinski definition) is 3. The molecule has 1 heterocycles. The summed E-state index contributed by atoms with van der Waals surface area (Å²) in [5.74, 6) is 1.61. The molecule has 1 aliphatic heterocycles. The molecule has 3 aromatic carbocycles. The van der Waals surface area contributed by atoms with Crippen LogP contribution in [-0.4, -0.2) is 31.1 Å². The van der Waals surface area contributed by atoms with Crippen LogP contribution in [0.4, 0.5) is 0 Å². The lowest BCUT2D eigenvalue weighted by Gasteiger charge is -2.25. The lowest BCUT2D eigenvalue weighted by Crippen LogP contribution is -2.34. The molecule has 0 bridgehead atoms. The molecule has 1 atom stereocenters. The van der Waals surface area contributed by atoms with E-state index in [9.17, 15) is 4.79 Å². The number of rotatable bonds is 5. The number of carbonyl (C=O) groups is 1. The maximum atomic E-state index is 12.8. The van der Waals surface area contributed by atoms with Gasteiger partial charge in [-0.05, 0) is 42.0 Å². The Labute approximate surface area is 159 Å². The van der Waals surface area contributed by atoms with Crippen molar-refractivity contribution >= 4 is 16.7 Å². The minimum Gasteiger partial charge on any atom is -0.497 e. The average Bonchev–Trinajstić information content (AvgIpc) is 3.22. The van der Waals surface area contributed by atoms with Gasteiger partial charge < -0.3 is 14.4 Å². The molecule has 27 heavy (non-hydrogen) atoms. The standard InChI is InChI=1S/C23H23NO3/c1-26-19-13-11-18(12-14-19)21-9-5-15-24(21)23(25)16-27-22-10-4-7-17-6-2-3-8-20(17)22/h2-4,6-8,10-14,21H,5,9,15-16H2,1H3. The molecule has 1 saturated heterocycles. The van der Waals surface area contributed by atoms with Crippen LogP contribution < -0.4 is 9.47 Å².